The summed E-state index contributed by atoms with van der Waals surface area (Å²) in [7, 11) is 1.86. The van der Waals surface area contributed by atoms with Crippen LogP contribution in [0.2, 0.25) is 5.15 Å². The van der Waals surface area contributed by atoms with Crippen LogP contribution in [0.5, 0.6) is 0 Å². The van der Waals surface area contributed by atoms with Gasteiger partial charge in [-0.25, -0.2) is 4.98 Å². The van der Waals surface area contributed by atoms with Crippen LogP contribution in [0, 0.1) is 12.8 Å². The van der Waals surface area contributed by atoms with Crippen molar-refractivity contribution >= 4 is 29.8 Å². The fourth-order valence-corrected chi connectivity index (χ4v) is 3.39. The maximum atomic E-state index is 6.26. The van der Waals surface area contributed by atoms with Crippen LogP contribution < -0.4 is 10.2 Å². The lowest BCUT2D eigenvalue weighted by Crippen LogP contribution is -2.33. The van der Waals surface area contributed by atoms with Gasteiger partial charge in [0.1, 0.15) is 11.0 Å². The summed E-state index contributed by atoms with van der Waals surface area (Å²) in [6.45, 7) is 8.03. The SMILES string of the molecule is Cc1nn(C)c(Cl)c1CNCc1ccc(N2CCC(C)CC2)nc1.Cl. The molecule has 7 heteroatoms. The summed E-state index contributed by atoms with van der Waals surface area (Å²) in [5, 5.41) is 8.46. The van der Waals surface area contributed by atoms with E-state index in [0.717, 1.165) is 42.6 Å². The molecule has 0 atom stereocenters. The van der Waals surface area contributed by atoms with Gasteiger partial charge >= 0.3 is 0 Å². The Labute approximate surface area is 161 Å². The molecule has 3 rings (SSSR count). The van der Waals surface area contributed by atoms with Gasteiger partial charge in [0.25, 0.3) is 0 Å². The maximum Gasteiger partial charge on any atom is 0.131 e. The number of aryl methyl sites for hydroxylation is 2. The number of nitrogens with zero attached hydrogens (tertiary/aromatic N) is 4. The number of anilines is 1. The quantitative estimate of drug-likeness (QED) is 0.854. The van der Waals surface area contributed by atoms with E-state index in [-0.39, 0.29) is 12.4 Å². The van der Waals surface area contributed by atoms with Crippen molar-refractivity contribution in [1.82, 2.24) is 20.1 Å². The van der Waals surface area contributed by atoms with Crippen molar-refractivity contribution in [1.29, 1.82) is 0 Å². The number of hydrogen-bond donors (Lipinski definition) is 1. The zero-order chi connectivity index (χ0) is 17.1. The highest BCUT2D eigenvalue weighted by Crippen LogP contribution is 2.21. The monoisotopic (exact) mass is 383 g/mol. The molecule has 1 fully saturated rings. The fraction of sp³-hybridized carbons (Fsp3) is 0.556. The molecule has 0 unspecified atom stereocenters. The second-order valence-corrected chi connectivity index (χ2v) is 7.13. The molecule has 0 saturated carbocycles. The lowest BCUT2D eigenvalue weighted by Gasteiger charge is -2.31. The van der Waals surface area contributed by atoms with Crippen LogP contribution in [0.4, 0.5) is 5.82 Å². The maximum absolute atomic E-state index is 6.26. The Morgan fingerprint density at radius 3 is 2.52 bits per heavy atom. The Morgan fingerprint density at radius 2 is 1.96 bits per heavy atom. The van der Waals surface area contributed by atoms with E-state index in [4.69, 9.17) is 11.6 Å². The Balaban J connectivity index is 0.00000225. The van der Waals surface area contributed by atoms with Crippen LogP contribution in [-0.2, 0) is 20.1 Å². The summed E-state index contributed by atoms with van der Waals surface area (Å²) in [6.07, 6.45) is 4.49. The van der Waals surface area contributed by atoms with Gasteiger partial charge in [-0.3, -0.25) is 4.68 Å². The second kappa shape index (κ2) is 8.88. The number of nitrogens with one attached hydrogen (secondary N) is 1. The van der Waals surface area contributed by atoms with Crippen molar-refractivity contribution in [2.75, 3.05) is 18.0 Å². The number of pyridine rings is 1. The van der Waals surface area contributed by atoms with E-state index < -0.39 is 0 Å². The summed E-state index contributed by atoms with van der Waals surface area (Å²) in [4.78, 5) is 7.02. The van der Waals surface area contributed by atoms with Gasteiger partial charge < -0.3 is 10.2 Å². The first kappa shape index (κ1) is 20.0. The molecule has 0 spiro atoms. The molecule has 2 aromatic rings. The van der Waals surface area contributed by atoms with E-state index in [1.165, 1.54) is 18.4 Å². The molecule has 1 aliphatic rings. The van der Waals surface area contributed by atoms with Crippen molar-refractivity contribution in [3.63, 3.8) is 0 Å². The van der Waals surface area contributed by atoms with Crippen molar-refractivity contribution in [2.24, 2.45) is 13.0 Å². The highest BCUT2D eigenvalue weighted by molar-refractivity contribution is 6.30. The number of halogens is 2. The van der Waals surface area contributed by atoms with Gasteiger partial charge in [-0.15, -0.1) is 12.4 Å². The van der Waals surface area contributed by atoms with Crippen LogP contribution in [-0.4, -0.2) is 27.9 Å². The van der Waals surface area contributed by atoms with Crippen molar-refractivity contribution in [3.05, 3.63) is 40.3 Å². The standard InChI is InChI=1S/C18H26ClN5.ClH/c1-13-6-8-24(9-7-13)17-5-4-15(11-21-17)10-20-12-16-14(2)22-23(3)18(16)19;/h4-5,11,13,20H,6-10,12H2,1-3H3;1H. The van der Waals surface area contributed by atoms with E-state index in [9.17, 15) is 0 Å². The predicted octanol–water partition coefficient (Wildman–Crippen LogP) is 3.72. The Bertz CT molecular complexity index is 676. The van der Waals surface area contributed by atoms with Crippen LogP contribution in [0.1, 0.15) is 36.6 Å². The van der Waals surface area contributed by atoms with E-state index in [0.29, 0.717) is 11.7 Å². The zero-order valence-corrected chi connectivity index (χ0v) is 16.7. The van der Waals surface area contributed by atoms with Crippen molar-refractivity contribution < 1.29 is 0 Å². The largest absolute Gasteiger partial charge is 0.357 e. The smallest absolute Gasteiger partial charge is 0.131 e. The molecule has 0 radical (unpaired) electrons. The zero-order valence-electron chi connectivity index (χ0n) is 15.1. The number of piperidine rings is 1. The third-order valence-electron chi connectivity index (χ3n) is 4.82. The molecule has 1 saturated heterocycles. The average molecular weight is 384 g/mol. The predicted molar refractivity (Wildman–Crippen MR) is 106 cm³/mol. The third-order valence-corrected chi connectivity index (χ3v) is 5.29. The van der Waals surface area contributed by atoms with Crippen molar-refractivity contribution in [2.45, 2.75) is 39.8 Å². The van der Waals surface area contributed by atoms with Gasteiger partial charge in [0.2, 0.25) is 0 Å². The van der Waals surface area contributed by atoms with E-state index in [1.54, 1.807) is 4.68 Å². The van der Waals surface area contributed by atoms with E-state index >= 15 is 0 Å². The van der Waals surface area contributed by atoms with E-state index in [2.05, 4.69) is 39.4 Å². The molecule has 0 aliphatic carbocycles. The molecule has 5 nitrogen and oxygen atoms in total. The third kappa shape index (κ3) is 4.87. The molecule has 138 valence electrons. The Kier molecular flexibility index (Phi) is 7.11. The van der Waals surface area contributed by atoms with Crippen LogP contribution >= 0.6 is 24.0 Å². The minimum atomic E-state index is 0. The van der Waals surface area contributed by atoms with E-state index in [1.807, 2.05) is 20.2 Å². The minimum absolute atomic E-state index is 0. The van der Waals surface area contributed by atoms with Gasteiger partial charge in [-0.2, -0.15) is 5.10 Å². The lowest BCUT2D eigenvalue weighted by atomic mass is 9.99. The Hall–Kier alpha value is -1.30. The first-order valence-electron chi connectivity index (χ1n) is 8.63. The molecule has 25 heavy (non-hydrogen) atoms. The summed E-state index contributed by atoms with van der Waals surface area (Å²) in [5.41, 5.74) is 3.22. The molecule has 2 aromatic heterocycles. The molecule has 0 bridgehead atoms. The lowest BCUT2D eigenvalue weighted by molar-refractivity contribution is 0.436. The summed E-state index contributed by atoms with van der Waals surface area (Å²) in [6, 6.07) is 4.29. The molecular formula is C18H27Cl2N5. The minimum Gasteiger partial charge on any atom is -0.357 e. The average Bonchev–Trinajstić information content (AvgIpc) is 2.82. The second-order valence-electron chi connectivity index (χ2n) is 6.78. The summed E-state index contributed by atoms with van der Waals surface area (Å²) in [5.74, 6) is 1.93. The molecule has 1 N–H and O–H groups in total. The van der Waals surface area contributed by atoms with Gasteiger partial charge in [-0.05, 0) is 37.3 Å². The topological polar surface area (TPSA) is 46.0 Å². The van der Waals surface area contributed by atoms with Gasteiger partial charge in [-0.1, -0.05) is 24.6 Å². The number of hydrogen-bond acceptors (Lipinski definition) is 4. The fourth-order valence-electron chi connectivity index (χ4n) is 3.15. The van der Waals surface area contributed by atoms with Gasteiger partial charge in [0.05, 0.1) is 5.69 Å². The van der Waals surface area contributed by atoms with Crippen molar-refractivity contribution in [3.8, 4) is 0 Å². The van der Waals surface area contributed by atoms with Gasteiger partial charge in [0, 0.05) is 45.0 Å². The number of rotatable bonds is 5. The first-order valence-corrected chi connectivity index (χ1v) is 9.01. The molecule has 1 aliphatic heterocycles. The molecule has 0 aromatic carbocycles. The molecular weight excluding hydrogens is 357 g/mol. The molecule has 0 amide bonds. The van der Waals surface area contributed by atoms with Crippen LogP contribution in [0.3, 0.4) is 0 Å². The first-order chi connectivity index (χ1) is 11.5. The highest BCUT2D eigenvalue weighted by Gasteiger charge is 2.16. The van der Waals surface area contributed by atoms with Crippen LogP contribution in [0.25, 0.3) is 0 Å². The van der Waals surface area contributed by atoms with Gasteiger partial charge in [0.15, 0.2) is 0 Å². The molecule has 3 heterocycles. The number of aromatic nitrogens is 3. The summed E-state index contributed by atoms with van der Waals surface area (Å²) < 4.78 is 1.71. The normalized spacial score (nSPS) is 15.3. The Morgan fingerprint density at radius 1 is 1.24 bits per heavy atom. The highest BCUT2D eigenvalue weighted by atomic mass is 35.5. The summed E-state index contributed by atoms with van der Waals surface area (Å²) >= 11 is 6.26. The van der Waals surface area contributed by atoms with Crippen LogP contribution in [0.15, 0.2) is 18.3 Å².